The molecule has 2 rings (SSSR count). The van der Waals surface area contributed by atoms with Gasteiger partial charge in [0.25, 0.3) is 0 Å². The molecule has 0 aromatic heterocycles. The van der Waals surface area contributed by atoms with Crippen molar-refractivity contribution < 1.29 is 4.79 Å². The van der Waals surface area contributed by atoms with Gasteiger partial charge in [0.2, 0.25) is 0 Å². The molecule has 0 unspecified atom stereocenters. The first-order valence-electron chi connectivity index (χ1n) is 7.50. The van der Waals surface area contributed by atoms with E-state index in [1.54, 1.807) is 0 Å². The lowest BCUT2D eigenvalue weighted by atomic mass is 9.83. The number of para-hydroxylation sites is 1. The van der Waals surface area contributed by atoms with Crippen molar-refractivity contribution in [2.75, 3.05) is 11.9 Å². The summed E-state index contributed by atoms with van der Waals surface area (Å²) in [6.07, 6.45) is 4.99. The Morgan fingerprint density at radius 3 is 2.57 bits per heavy atom. The number of rotatable bonds is 4. The molecule has 1 aliphatic carbocycles. The molecule has 1 fully saturated rings. The average Bonchev–Trinajstić information content (AvgIpc) is 2.37. The molecule has 0 radical (unpaired) electrons. The molecule has 0 spiro atoms. The second-order valence-electron chi connectivity index (χ2n) is 5.70. The number of nitrogens with one attached hydrogen (secondary N) is 2. The van der Waals surface area contributed by atoms with Crippen LogP contribution in [-0.2, 0) is 0 Å². The molecular formula is C16H24N4O. The van der Waals surface area contributed by atoms with E-state index < -0.39 is 0 Å². The van der Waals surface area contributed by atoms with E-state index in [1.165, 1.54) is 19.3 Å². The fraction of sp³-hybridized carbons (Fsp3) is 0.500. The number of guanidine groups is 1. The van der Waals surface area contributed by atoms with Gasteiger partial charge in [0.15, 0.2) is 5.96 Å². The van der Waals surface area contributed by atoms with Crippen LogP contribution in [0.15, 0.2) is 23.2 Å². The Morgan fingerprint density at radius 2 is 2.00 bits per heavy atom. The van der Waals surface area contributed by atoms with Gasteiger partial charge in [0, 0.05) is 12.2 Å². The molecule has 0 heterocycles. The Labute approximate surface area is 126 Å². The third-order valence-electron chi connectivity index (χ3n) is 4.01. The number of nitrogens with zero attached hydrogens (tertiary/aromatic N) is 1. The molecule has 114 valence electrons. The quantitative estimate of drug-likeness (QED) is 0.588. The van der Waals surface area contributed by atoms with Gasteiger partial charge in [-0.15, -0.1) is 0 Å². The van der Waals surface area contributed by atoms with Crippen molar-refractivity contribution in [1.82, 2.24) is 5.32 Å². The lowest BCUT2D eigenvalue weighted by Gasteiger charge is -2.24. The summed E-state index contributed by atoms with van der Waals surface area (Å²) in [5.74, 6) is 0.975. The summed E-state index contributed by atoms with van der Waals surface area (Å²) in [5.41, 5.74) is 8.58. The molecule has 1 aromatic rings. The second-order valence-corrected chi connectivity index (χ2v) is 5.70. The molecule has 0 atom stereocenters. The average molecular weight is 288 g/mol. The summed E-state index contributed by atoms with van der Waals surface area (Å²) in [6, 6.07) is 5.53. The lowest BCUT2D eigenvalue weighted by Crippen LogP contribution is -2.40. The molecule has 5 heteroatoms. The minimum atomic E-state index is -0.350. The van der Waals surface area contributed by atoms with Crippen LogP contribution in [0.3, 0.4) is 0 Å². The largest absolute Gasteiger partial charge is 0.370 e. The topological polar surface area (TPSA) is 79.5 Å². The summed E-state index contributed by atoms with van der Waals surface area (Å²) < 4.78 is 0. The van der Waals surface area contributed by atoms with Gasteiger partial charge in [-0.25, -0.2) is 4.79 Å². The van der Waals surface area contributed by atoms with Crippen molar-refractivity contribution >= 4 is 17.7 Å². The van der Waals surface area contributed by atoms with Crippen molar-refractivity contribution in [1.29, 1.82) is 0 Å². The number of hydrogen-bond donors (Lipinski definition) is 3. The summed E-state index contributed by atoms with van der Waals surface area (Å²) in [7, 11) is 0. The van der Waals surface area contributed by atoms with Gasteiger partial charge in [-0.05, 0) is 37.3 Å². The number of aliphatic imine (C=N–C) groups is 1. The third-order valence-corrected chi connectivity index (χ3v) is 4.01. The highest BCUT2D eigenvalue weighted by Crippen LogP contribution is 2.29. The SMILES string of the molecule is Cc1cccc(C)c1NC(=O)NC(N)=NCCC1CCC1. The number of amides is 2. The second kappa shape index (κ2) is 7.11. The number of carbonyl (C=O) groups is 1. The Kier molecular flexibility index (Phi) is 5.20. The number of anilines is 1. The Hall–Kier alpha value is -2.04. The maximum absolute atomic E-state index is 11.9. The van der Waals surface area contributed by atoms with E-state index in [0.717, 1.165) is 29.2 Å². The smallest absolute Gasteiger partial charge is 0.326 e. The van der Waals surface area contributed by atoms with Gasteiger partial charge < -0.3 is 11.1 Å². The first kappa shape index (κ1) is 15.4. The van der Waals surface area contributed by atoms with Crippen LogP contribution in [0.2, 0.25) is 0 Å². The molecular weight excluding hydrogens is 264 g/mol. The van der Waals surface area contributed by atoms with E-state index in [-0.39, 0.29) is 12.0 Å². The van der Waals surface area contributed by atoms with Gasteiger partial charge in [0.05, 0.1) is 0 Å². The third kappa shape index (κ3) is 4.48. The molecule has 1 aromatic carbocycles. The first-order chi connectivity index (χ1) is 10.1. The van der Waals surface area contributed by atoms with Gasteiger partial charge >= 0.3 is 6.03 Å². The number of nitrogens with two attached hydrogens (primary N) is 1. The summed E-state index contributed by atoms with van der Waals surface area (Å²) in [6.45, 7) is 4.59. The number of hydrogen-bond acceptors (Lipinski definition) is 2. The van der Waals surface area contributed by atoms with Crippen LogP contribution in [0, 0.1) is 19.8 Å². The zero-order valence-electron chi connectivity index (χ0n) is 12.8. The van der Waals surface area contributed by atoms with Crippen molar-refractivity contribution in [3.05, 3.63) is 29.3 Å². The fourth-order valence-electron chi connectivity index (χ4n) is 2.46. The molecule has 0 saturated heterocycles. The van der Waals surface area contributed by atoms with Crippen molar-refractivity contribution in [2.45, 2.75) is 39.5 Å². The highest BCUT2D eigenvalue weighted by molar-refractivity contribution is 6.02. The van der Waals surface area contributed by atoms with E-state index in [0.29, 0.717) is 6.54 Å². The van der Waals surface area contributed by atoms with Gasteiger partial charge in [-0.2, -0.15) is 0 Å². The number of benzene rings is 1. The number of aryl methyl sites for hydroxylation is 2. The maximum Gasteiger partial charge on any atom is 0.326 e. The van der Waals surface area contributed by atoms with Gasteiger partial charge in [-0.1, -0.05) is 37.5 Å². The van der Waals surface area contributed by atoms with Crippen LogP contribution < -0.4 is 16.4 Å². The maximum atomic E-state index is 11.9. The molecule has 0 bridgehead atoms. The van der Waals surface area contributed by atoms with Crippen molar-refractivity contribution in [2.24, 2.45) is 16.6 Å². The lowest BCUT2D eigenvalue weighted by molar-refractivity contribution is 0.256. The molecule has 0 aliphatic heterocycles. The molecule has 2 amide bonds. The van der Waals surface area contributed by atoms with Crippen molar-refractivity contribution in [3.8, 4) is 0 Å². The van der Waals surface area contributed by atoms with E-state index in [2.05, 4.69) is 15.6 Å². The van der Waals surface area contributed by atoms with Crippen LogP contribution in [0.25, 0.3) is 0 Å². The molecule has 1 aliphatic rings. The number of urea groups is 1. The molecule has 1 saturated carbocycles. The van der Waals surface area contributed by atoms with E-state index >= 15 is 0 Å². The van der Waals surface area contributed by atoms with Crippen molar-refractivity contribution in [3.63, 3.8) is 0 Å². The molecule has 4 N–H and O–H groups in total. The summed E-state index contributed by atoms with van der Waals surface area (Å²) in [4.78, 5) is 16.1. The Morgan fingerprint density at radius 1 is 1.33 bits per heavy atom. The van der Waals surface area contributed by atoms with Crippen LogP contribution in [0.5, 0.6) is 0 Å². The summed E-state index contributed by atoms with van der Waals surface area (Å²) in [5, 5.41) is 5.39. The minimum absolute atomic E-state index is 0.179. The predicted molar refractivity (Wildman–Crippen MR) is 86.5 cm³/mol. The van der Waals surface area contributed by atoms with Crippen LogP contribution >= 0.6 is 0 Å². The van der Waals surface area contributed by atoms with Crippen LogP contribution in [-0.4, -0.2) is 18.5 Å². The zero-order valence-corrected chi connectivity index (χ0v) is 12.8. The number of carbonyl (C=O) groups excluding carboxylic acids is 1. The Balaban J connectivity index is 1.81. The first-order valence-corrected chi connectivity index (χ1v) is 7.50. The van der Waals surface area contributed by atoms with Gasteiger partial charge in [0.1, 0.15) is 0 Å². The van der Waals surface area contributed by atoms with Crippen LogP contribution in [0.4, 0.5) is 10.5 Å². The standard InChI is InChI=1S/C16H24N4O/c1-11-5-3-6-12(2)14(11)19-16(21)20-15(17)18-10-9-13-7-4-8-13/h3,5-6,13H,4,7-10H2,1-2H3,(H4,17,18,19,20,21). The molecule has 5 nitrogen and oxygen atoms in total. The van der Waals surface area contributed by atoms with E-state index in [9.17, 15) is 4.79 Å². The van der Waals surface area contributed by atoms with E-state index in [1.807, 2.05) is 32.0 Å². The van der Waals surface area contributed by atoms with E-state index in [4.69, 9.17) is 5.73 Å². The Bertz CT molecular complexity index is 515. The van der Waals surface area contributed by atoms with Crippen LogP contribution in [0.1, 0.15) is 36.8 Å². The van der Waals surface area contributed by atoms with Gasteiger partial charge in [-0.3, -0.25) is 10.3 Å². The summed E-state index contributed by atoms with van der Waals surface area (Å²) >= 11 is 0. The fourth-order valence-corrected chi connectivity index (χ4v) is 2.46. The predicted octanol–water partition coefficient (Wildman–Crippen LogP) is 2.93. The monoisotopic (exact) mass is 288 g/mol. The molecule has 21 heavy (non-hydrogen) atoms. The highest BCUT2D eigenvalue weighted by atomic mass is 16.2. The minimum Gasteiger partial charge on any atom is -0.370 e. The normalized spacial score (nSPS) is 15.4. The zero-order chi connectivity index (χ0) is 15.2. The highest BCUT2D eigenvalue weighted by Gasteiger charge is 2.16.